The average Bonchev–Trinajstić information content (AvgIpc) is 3.09. The number of hydrogen-bond donors (Lipinski definition) is 3. The first-order valence-electron chi connectivity index (χ1n) is 8.66. The van der Waals surface area contributed by atoms with Crippen molar-refractivity contribution in [2.45, 2.75) is 31.6 Å². The van der Waals surface area contributed by atoms with Crippen molar-refractivity contribution in [1.82, 2.24) is 15.2 Å². The predicted molar refractivity (Wildman–Crippen MR) is 101 cm³/mol. The zero-order valence-corrected chi connectivity index (χ0v) is 15.2. The summed E-state index contributed by atoms with van der Waals surface area (Å²) in [5, 5.41) is 3.88. The Morgan fingerprint density at radius 2 is 1.96 bits per heavy atom. The number of likely N-dealkylation sites (tertiary alicyclic amines) is 1. The number of nitrogens with one attached hydrogen (secondary N) is 1. The largest absolute Gasteiger partial charge is 0.433 e. The third kappa shape index (κ3) is 5.43. The van der Waals surface area contributed by atoms with Crippen LogP contribution in [0.15, 0.2) is 66.8 Å². The number of hydrogen-bond acceptors (Lipinski definition) is 5. The Balaban J connectivity index is 1.96. The highest BCUT2D eigenvalue weighted by molar-refractivity contribution is 5.19. The summed E-state index contributed by atoms with van der Waals surface area (Å²) < 4.78 is 38.8. The molecule has 0 radical (unpaired) electrons. The van der Waals surface area contributed by atoms with Gasteiger partial charge in [0.05, 0.1) is 12.6 Å². The number of rotatable bonds is 8. The lowest BCUT2D eigenvalue weighted by atomic mass is 10.1. The molecule has 8 heteroatoms. The molecule has 0 saturated carbocycles. The van der Waals surface area contributed by atoms with E-state index < -0.39 is 11.9 Å². The number of nitrogens with zero attached hydrogens (tertiary/aromatic N) is 2. The fourth-order valence-electron chi connectivity index (χ4n) is 3.16. The minimum Gasteiger partial charge on any atom is -0.403 e. The first kappa shape index (κ1) is 20.7. The minimum absolute atomic E-state index is 0.0363. The first-order valence-corrected chi connectivity index (χ1v) is 8.66. The van der Waals surface area contributed by atoms with E-state index in [-0.39, 0.29) is 12.6 Å². The molecule has 1 aliphatic rings. The lowest BCUT2D eigenvalue weighted by molar-refractivity contribution is -0.111. The molecular formula is C19H26F3N5. The van der Waals surface area contributed by atoms with E-state index in [0.29, 0.717) is 30.0 Å². The molecule has 148 valence electrons. The fourth-order valence-corrected chi connectivity index (χ4v) is 3.16. The van der Waals surface area contributed by atoms with Gasteiger partial charge in [-0.05, 0) is 18.4 Å². The van der Waals surface area contributed by atoms with Gasteiger partial charge in [-0.2, -0.15) is 13.2 Å². The van der Waals surface area contributed by atoms with Gasteiger partial charge in [0.1, 0.15) is 5.70 Å². The zero-order chi connectivity index (χ0) is 20.0. The lowest BCUT2D eigenvalue weighted by Crippen LogP contribution is -2.43. The summed E-state index contributed by atoms with van der Waals surface area (Å²) in [5.74, 6) is 5.58. The summed E-state index contributed by atoms with van der Waals surface area (Å²) >= 11 is 0. The van der Waals surface area contributed by atoms with Crippen molar-refractivity contribution in [2.75, 3.05) is 13.1 Å². The standard InChI is InChI=1S/C19H26F3N5/c1-14(13-27(24)18(11-23)19(20,21)22)26-10-6-9-17(26)15(2)25-12-16-7-4-3-5-8-16/h3-5,7-8,11,17,25H,1-2,6,9-10,12-13,23-24H2/b18-11-. The van der Waals surface area contributed by atoms with Crippen LogP contribution in [0.2, 0.25) is 0 Å². The molecule has 1 heterocycles. The second kappa shape index (κ2) is 8.85. The molecule has 1 aliphatic heterocycles. The summed E-state index contributed by atoms with van der Waals surface area (Å²) in [6, 6.07) is 9.85. The van der Waals surface area contributed by atoms with Crippen molar-refractivity contribution in [3.63, 3.8) is 0 Å². The van der Waals surface area contributed by atoms with Crippen LogP contribution in [0.5, 0.6) is 0 Å². The smallest absolute Gasteiger partial charge is 0.403 e. The number of hydrazine groups is 1. The Labute approximate surface area is 157 Å². The van der Waals surface area contributed by atoms with E-state index in [0.717, 1.165) is 24.1 Å². The van der Waals surface area contributed by atoms with Crippen LogP contribution >= 0.6 is 0 Å². The molecule has 1 atom stereocenters. The Morgan fingerprint density at radius 1 is 1.30 bits per heavy atom. The molecule has 1 aromatic carbocycles. The highest BCUT2D eigenvalue weighted by Crippen LogP contribution is 2.29. The number of nitrogens with two attached hydrogens (primary N) is 2. The highest BCUT2D eigenvalue weighted by atomic mass is 19.4. The maximum Gasteiger partial charge on any atom is 0.433 e. The van der Waals surface area contributed by atoms with Crippen LogP contribution in [0, 0.1) is 0 Å². The van der Waals surface area contributed by atoms with Gasteiger partial charge in [-0.15, -0.1) is 0 Å². The zero-order valence-electron chi connectivity index (χ0n) is 15.2. The number of benzene rings is 1. The summed E-state index contributed by atoms with van der Waals surface area (Å²) in [6.45, 7) is 9.18. The molecule has 2 rings (SSSR count). The van der Waals surface area contributed by atoms with Crippen LogP contribution in [-0.4, -0.2) is 35.2 Å². The van der Waals surface area contributed by atoms with Gasteiger partial charge in [-0.25, -0.2) is 5.84 Å². The van der Waals surface area contributed by atoms with E-state index in [1.807, 2.05) is 35.2 Å². The van der Waals surface area contributed by atoms with E-state index >= 15 is 0 Å². The van der Waals surface area contributed by atoms with Crippen LogP contribution in [0.4, 0.5) is 13.2 Å². The van der Waals surface area contributed by atoms with Gasteiger partial charge < -0.3 is 16.0 Å². The molecule has 1 saturated heterocycles. The third-order valence-electron chi connectivity index (χ3n) is 4.53. The van der Waals surface area contributed by atoms with Crippen LogP contribution in [0.25, 0.3) is 0 Å². The molecule has 0 amide bonds. The highest BCUT2D eigenvalue weighted by Gasteiger charge is 2.37. The molecule has 1 unspecified atom stereocenters. The minimum atomic E-state index is -4.62. The third-order valence-corrected chi connectivity index (χ3v) is 4.53. The summed E-state index contributed by atoms with van der Waals surface area (Å²) in [7, 11) is 0. The van der Waals surface area contributed by atoms with Gasteiger partial charge in [0.15, 0.2) is 0 Å². The van der Waals surface area contributed by atoms with E-state index in [1.165, 1.54) is 0 Å². The molecule has 0 bridgehead atoms. The Morgan fingerprint density at radius 3 is 2.56 bits per heavy atom. The Bertz CT molecular complexity index is 684. The van der Waals surface area contributed by atoms with Gasteiger partial charge in [0.25, 0.3) is 0 Å². The quantitative estimate of drug-likeness (QED) is 0.477. The van der Waals surface area contributed by atoms with Crippen molar-refractivity contribution < 1.29 is 13.2 Å². The Hall–Kier alpha value is -2.61. The molecule has 0 aliphatic carbocycles. The van der Waals surface area contributed by atoms with E-state index in [2.05, 4.69) is 18.5 Å². The maximum atomic E-state index is 12.9. The van der Waals surface area contributed by atoms with Crippen molar-refractivity contribution in [3.05, 3.63) is 72.3 Å². The molecule has 5 nitrogen and oxygen atoms in total. The topological polar surface area (TPSA) is 70.5 Å². The SMILES string of the molecule is C=C(NCc1ccccc1)C1CCCN1C(=C)CN(N)/C(=C\N)C(F)(F)F. The normalized spacial score (nSPS) is 17.7. The number of allylic oxidation sites excluding steroid dienone is 1. The van der Waals surface area contributed by atoms with Gasteiger partial charge >= 0.3 is 6.18 Å². The first-order chi connectivity index (χ1) is 12.7. The van der Waals surface area contributed by atoms with Crippen LogP contribution < -0.4 is 16.9 Å². The number of alkyl halides is 3. The molecule has 0 spiro atoms. The molecule has 0 aromatic heterocycles. The van der Waals surface area contributed by atoms with Crippen molar-refractivity contribution in [1.29, 1.82) is 0 Å². The van der Waals surface area contributed by atoms with Crippen molar-refractivity contribution in [2.24, 2.45) is 11.6 Å². The lowest BCUT2D eigenvalue weighted by Gasteiger charge is -2.33. The summed E-state index contributed by atoms with van der Waals surface area (Å²) in [6.07, 6.45) is -2.40. The monoisotopic (exact) mass is 381 g/mol. The van der Waals surface area contributed by atoms with E-state index in [4.69, 9.17) is 11.6 Å². The van der Waals surface area contributed by atoms with Gasteiger partial charge in [-0.3, -0.25) is 5.01 Å². The van der Waals surface area contributed by atoms with Gasteiger partial charge in [0.2, 0.25) is 0 Å². The van der Waals surface area contributed by atoms with E-state index in [1.54, 1.807) is 0 Å². The molecular weight excluding hydrogens is 355 g/mol. The molecule has 1 aromatic rings. The van der Waals surface area contributed by atoms with E-state index in [9.17, 15) is 13.2 Å². The van der Waals surface area contributed by atoms with Crippen molar-refractivity contribution in [3.8, 4) is 0 Å². The molecule has 5 N–H and O–H groups in total. The van der Waals surface area contributed by atoms with Crippen LogP contribution in [-0.2, 0) is 6.54 Å². The van der Waals surface area contributed by atoms with Crippen molar-refractivity contribution >= 4 is 0 Å². The fraction of sp³-hybridized carbons (Fsp3) is 0.368. The average molecular weight is 381 g/mol. The molecule has 27 heavy (non-hydrogen) atoms. The number of halogens is 3. The van der Waals surface area contributed by atoms with Crippen LogP contribution in [0.1, 0.15) is 18.4 Å². The summed E-state index contributed by atoms with van der Waals surface area (Å²) in [5.41, 5.74) is 6.42. The molecule has 1 fully saturated rings. The predicted octanol–water partition coefficient (Wildman–Crippen LogP) is 2.81. The second-order valence-electron chi connectivity index (χ2n) is 6.46. The van der Waals surface area contributed by atoms with Crippen LogP contribution in [0.3, 0.4) is 0 Å². The maximum absolute atomic E-state index is 12.9. The second-order valence-corrected chi connectivity index (χ2v) is 6.46. The Kier molecular flexibility index (Phi) is 6.79. The van der Waals surface area contributed by atoms with Gasteiger partial charge in [-0.1, -0.05) is 43.5 Å². The summed E-state index contributed by atoms with van der Waals surface area (Å²) in [4.78, 5) is 1.95. The van der Waals surface area contributed by atoms with Gasteiger partial charge in [0, 0.05) is 30.7 Å².